The predicted molar refractivity (Wildman–Crippen MR) is 149 cm³/mol. The van der Waals surface area contributed by atoms with Crippen LogP contribution in [0.15, 0.2) is 48.5 Å². The molecule has 0 nitrogen and oxygen atoms in total. The zero-order valence-electron chi connectivity index (χ0n) is 23.1. The van der Waals surface area contributed by atoms with Crippen LogP contribution in [-0.2, 0) is 12.8 Å². The first-order valence-electron chi connectivity index (χ1n) is 13.5. The van der Waals surface area contributed by atoms with Crippen molar-refractivity contribution in [3.8, 4) is 0 Å². The van der Waals surface area contributed by atoms with Gasteiger partial charge in [-0.2, -0.15) is 0 Å². The smallest absolute Gasteiger partial charge is 0.0118 e. The van der Waals surface area contributed by atoms with Crippen LogP contribution in [-0.4, -0.2) is 0 Å². The quantitative estimate of drug-likeness (QED) is 0.304. The van der Waals surface area contributed by atoms with E-state index in [4.69, 9.17) is 0 Å². The molecule has 0 N–H and O–H groups in total. The van der Waals surface area contributed by atoms with Gasteiger partial charge in [-0.1, -0.05) is 103 Å². The Kier molecular flexibility index (Phi) is 10.5. The zero-order chi connectivity index (χ0) is 24.6. The molecule has 0 heteroatoms. The zero-order valence-corrected chi connectivity index (χ0v) is 23.1. The Hall–Kier alpha value is -1.82. The monoisotopic (exact) mass is 446 g/mol. The molecule has 0 amide bonds. The molecule has 2 aromatic rings. The molecule has 33 heavy (non-hydrogen) atoms. The van der Waals surface area contributed by atoms with E-state index in [1.807, 2.05) is 0 Å². The summed E-state index contributed by atoms with van der Waals surface area (Å²) < 4.78 is 0. The Morgan fingerprint density at radius 3 is 2.06 bits per heavy atom. The molecule has 0 radical (unpaired) electrons. The largest absolute Gasteiger partial charge is 0.0832 e. The molecule has 0 saturated heterocycles. The van der Waals surface area contributed by atoms with Gasteiger partial charge in [-0.15, -0.1) is 0 Å². The Balaban J connectivity index is 2.16. The highest BCUT2D eigenvalue weighted by Crippen LogP contribution is 2.40. The second-order valence-electron chi connectivity index (χ2n) is 11.3. The number of aryl methyl sites for hydroxylation is 3. The molecule has 2 atom stereocenters. The van der Waals surface area contributed by atoms with Crippen molar-refractivity contribution in [2.24, 2.45) is 17.3 Å². The van der Waals surface area contributed by atoms with Crippen LogP contribution < -0.4 is 0 Å². The van der Waals surface area contributed by atoms with E-state index >= 15 is 0 Å². The van der Waals surface area contributed by atoms with Gasteiger partial charge in [0.05, 0.1) is 0 Å². The van der Waals surface area contributed by atoms with Crippen molar-refractivity contribution < 1.29 is 0 Å². The number of benzene rings is 2. The maximum Gasteiger partial charge on any atom is 0.0118 e. The average Bonchev–Trinajstić information content (AvgIpc) is 2.77. The molecule has 0 saturated carbocycles. The van der Waals surface area contributed by atoms with E-state index in [0.29, 0.717) is 17.3 Å². The number of hydrogen-bond acceptors (Lipinski definition) is 0. The molecule has 0 bridgehead atoms. The summed E-state index contributed by atoms with van der Waals surface area (Å²) in [4.78, 5) is 0. The summed E-state index contributed by atoms with van der Waals surface area (Å²) in [5, 5.41) is 0. The fourth-order valence-corrected chi connectivity index (χ4v) is 5.71. The summed E-state index contributed by atoms with van der Waals surface area (Å²) in [6.07, 6.45) is 9.85. The molecule has 2 aromatic carbocycles. The third-order valence-corrected chi connectivity index (χ3v) is 7.68. The van der Waals surface area contributed by atoms with Crippen molar-refractivity contribution in [1.82, 2.24) is 0 Å². The molecule has 2 unspecified atom stereocenters. The summed E-state index contributed by atoms with van der Waals surface area (Å²) in [7, 11) is 0. The van der Waals surface area contributed by atoms with Crippen LogP contribution in [0.4, 0.5) is 0 Å². The van der Waals surface area contributed by atoms with Gasteiger partial charge in [0.15, 0.2) is 0 Å². The minimum atomic E-state index is 0.424. The summed E-state index contributed by atoms with van der Waals surface area (Å²) in [6, 6.07) is 16.5. The van der Waals surface area contributed by atoms with E-state index in [9.17, 15) is 0 Å². The summed E-state index contributed by atoms with van der Waals surface area (Å²) in [6.45, 7) is 21.0. The standard InChI is InChI=1S/C33H50/c1-10-27-17-20-31(26(8)22-27)32(25(6)7)30(11-2)29-18-15-28(16-19-29)14-13-21-33(9,12-3)23-24(4)5/h11,15-20,22,24-25,32H,10,12-14,21,23H2,1-9H3. The third kappa shape index (κ3) is 7.59. The first-order chi connectivity index (χ1) is 15.6. The van der Waals surface area contributed by atoms with Crippen LogP contribution in [0.5, 0.6) is 0 Å². The fourth-order valence-electron chi connectivity index (χ4n) is 5.71. The van der Waals surface area contributed by atoms with E-state index < -0.39 is 0 Å². The highest BCUT2D eigenvalue weighted by molar-refractivity contribution is 5.72. The lowest BCUT2D eigenvalue weighted by Gasteiger charge is -2.30. The van der Waals surface area contributed by atoms with E-state index in [-0.39, 0.29) is 0 Å². The summed E-state index contributed by atoms with van der Waals surface area (Å²) in [5.74, 6) is 1.76. The molecule has 2 rings (SSSR count). The molecule has 0 aliphatic carbocycles. The van der Waals surface area contributed by atoms with E-state index in [0.717, 1.165) is 12.3 Å². The number of hydrogen-bond donors (Lipinski definition) is 0. The highest BCUT2D eigenvalue weighted by Gasteiger charge is 2.24. The number of rotatable bonds is 12. The lowest BCUT2D eigenvalue weighted by molar-refractivity contribution is 0.221. The van der Waals surface area contributed by atoms with Crippen LogP contribution in [0.1, 0.15) is 115 Å². The molecular weight excluding hydrogens is 396 g/mol. The molecule has 0 spiro atoms. The van der Waals surface area contributed by atoms with Crippen molar-refractivity contribution in [2.75, 3.05) is 0 Å². The third-order valence-electron chi connectivity index (χ3n) is 7.68. The van der Waals surface area contributed by atoms with Crippen molar-refractivity contribution in [3.63, 3.8) is 0 Å². The van der Waals surface area contributed by atoms with Gasteiger partial charge in [0, 0.05) is 5.92 Å². The highest BCUT2D eigenvalue weighted by atomic mass is 14.3. The van der Waals surface area contributed by atoms with E-state index in [1.165, 1.54) is 65.5 Å². The number of allylic oxidation sites excluding steroid dienone is 2. The predicted octanol–water partition coefficient (Wildman–Crippen LogP) is 10.2. The van der Waals surface area contributed by atoms with Crippen molar-refractivity contribution in [2.45, 2.75) is 107 Å². The minimum Gasteiger partial charge on any atom is -0.0832 e. The topological polar surface area (TPSA) is 0 Å². The molecule has 0 aliphatic rings. The van der Waals surface area contributed by atoms with Gasteiger partial charge in [-0.05, 0) is 96.6 Å². The maximum atomic E-state index is 2.48. The molecule has 0 fully saturated rings. The van der Waals surface area contributed by atoms with Gasteiger partial charge >= 0.3 is 0 Å². The van der Waals surface area contributed by atoms with Gasteiger partial charge in [-0.3, -0.25) is 0 Å². The summed E-state index contributed by atoms with van der Waals surface area (Å²) in [5.41, 5.74) is 9.12. The average molecular weight is 447 g/mol. The van der Waals surface area contributed by atoms with Gasteiger partial charge in [-0.25, -0.2) is 0 Å². The first kappa shape index (κ1) is 27.4. The minimum absolute atomic E-state index is 0.424. The molecule has 182 valence electrons. The fraction of sp³-hybridized carbons (Fsp3) is 0.576. The van der Waals surface area contributed by atoms with E-state index in [1.54, 1.807) is 0 Å². The van der Waals surface area contributed by atoms with Crippen LogP contribution >= 0.6 is 0 Å². The van der Waals surface area contributed by atoms with Gasteiger partial charge in [0.25, 0.3) is 0 Å². The molecule has 0 aromatic heterocycles. The molecule has 0 heterocycles. The second-order valence-corrected chi connectivity index (χ2v) is 11.3. The van der Waals surface area contributed by atoms with Crippen LogP contribution in [0.25, 0.3) is 5.57 Å². The lowest BCUT2D eigenvalue weighted by atomic mass is 9.75. The normalized spacial score (nSPS) is 15.2. The SMILES string of the molecule is CC=C(c1ccc(CCCC(C)(CC)CC(C)C)cc1)C(c1ccc(CC)cc1C)C(C)C. The van der Waals surface area contributed by atoms with Crippen molar-refractivity contribution >= 4 is 5.57 Å². The Bertz CT molecular complexity index is 881. The van der Waals surface area contributed by atoms with Gasteiger partial charge < -0.3 is 0 Å². The Labute approximate surface area is 205 Å². The molecular formula is C33H50. The Morgan fingerprint density at radius 1 is 0.939 bits per heavy atom. The lowest BCUT2D eigenvalue weighted by Crippen LogP contribution is -2.18. The van der Waals surface area contributed by atoms with Crippen molar-refractivity contribution in [3.05, 3.63) is 76.4 Å². The van der Waals surface area contributed by atoms with Crippen LogP contribution in [0.2, 0.25) is 0 Å². The summed E-state index contributed by atoms with van der Waals surface area (Å²) >= 11 is 0. The Morgan fingerprint density at radius 2 is 1.58 bits per heavy atom. The van der Waals surface area contributed by atoms with Crippen LogP contribution in [0.3, 0.4) is 0 Å². The second kappa shape index (κ2) is 12.6. The maximum absolute atomic E-state index is 2.48. The van der Waals surface area contributed by atoms with Crippen molar-refractivity contribution in [1.29, 1.82) is 0 Å². The van der Waals surface area contributed by atoms with Gasteiger partial charge in [0.1, 0.15) is 0 Å². The first-order valence-corrected chi connectivity index (χ1v) is 13.5. The molecule has 0 aliphatic heterocycles. The van der Waals surface area contributed by atoms with E-state index in [2.05, 4.69) is 111 Å². The van der Waals surface area contributed by atoms with Gasteiger partial charge in [0.2, 0.25) is 0 Å². The van der Waals surface area contributed by atoms with Crippen LogP contribution in [0, 0.1) is 24.2 Å².